The molecule has 9 heteroatoms. The fourth-order valence-electron chi connectivity index (χ4n) is 3.48. The molecule has 1 aromatic carbocycles. The van der Waals surface area contributed by atoms with E-state index in [4.69, 9.17) is 16.3 Å². The van der Waals surface area contributed by atoms with Crippen LogP contribution in [0.3, 0.4) is 0 Å². The van der Waals surface area contributed by atoms with Gasteiger partial charge in [0.1, 0.15) is 15.5 Å². The second-order valence-corrected chi connectivity index (χ2v) is 8.49. The Hall–Kier alpha value is -2.55. The summed E-state index contributed by atoms with van der Waals surface area (Å²) in [7, 11) is 0. The van der Waals surface area contributed by atoms with Crippen molar-refractivity contribution in [1.29, 1.82) is 0 Å². The van der Waals surface area contributed by atoms with Crippen LogP contribution in [0.25, 0.3) is 10.2 Å². The van der Waals surface area contributed by atoms with Gasteiger partial charge in [-0.25, -0.2) is 9.37 Å². The average Bonchev–Trinajstić information content (AvgIpc) is 3.06. The molecule has 1 N–H and O–H groups in total. The number of nitrogens with zero attached hydrogens (tertiary/aromatic N) is 2. The summed E-state index contributed by atoms with van der Waals surface area (Å²) in [5, 5.41) is 3.64. The maximum Gasteiger partial charge on any atom is 0.266 e. The molecule has 1 fully saturated rings. The summed E-state index contributed by atoms with van der Waals surface area (Å²) in [5.41, 5.74) is 1.90. The summed E-state index contributed by atoms with van der Waals surface area (Å²) in [4.78, 5) is 33.3. The number of thiophene rings is 1. The van der Waals surface area contributed by atoms with Crippen molar-refractivity contribution in [3.63, 3.8) is 0 Å². The number of amides is 2. The van der Waals surface area contributed by atoms with Crippen LogP contribution in [0.2, 0.25) is 5.02 Å². The molecule has 2 amide bonds. The zero-order valence-corrected chi connectivity index (χ0v) is 18.0. The minimum absolute atomic E-state index is 0.152. The monoisotopic (exact) mass is 447 g/mol. The number of anilines is 1. The van der Waals surface area contributed by atoms with Gasteiger partial charge in [-0.1, -0.05) is 11.6 Å². The Morgan fingerprint density at radius 3 is 2.67 bits per heavy atom. The van der Waals surface area contributed by atoms with Crippen molar-refractivity contribution in [3.8, 4) is 0 Å². The highest BCUT2D eigenvalue weighted by molar-refractivity contribution is 7.21. The zero-order valence-electron chi connectivity index (χ0n) is 16.4. The molecule has 30 heavy (non-hydrogen) atoms. The van der Waals surface area contributed by atoms with Crippen molar-refractivity contribution in [1.82, 2.24) is 9.88 Å². The Morgan fingerprint density at radius 2 is 1.97 bits per heavy atom. The van der Waals surface area contributed by atoms with Crippen LogP contribution in [0.15, 0.2) is 24.3 Å². The number of carbonyl (C=O) groups excluding carboxylic acids is 2. The fourth-order valence-corrected chi connectivity index (χ4v) is 4.85. The summed E-state index contributed by atoms with van der Waals surface area (Å²) >= 11 is 7.02. The Balaban J connectivity index is 1.79. The number of carbonyl (C=O) groups is 2. The first-order valence-corrected chi connectivity index (χ1v) is 10.6. The zero-order chi connectivity index (χ0) is 21.4. The lowest BCUT2D eigenvalue weighted by atomic mass is 10.1. The van der Waals surface area contributed by atoms with Crippen LogP contribution < -0.4 is 5.32 Å². The second-order valence-electron chi connectivity index (χ2n) is 7.05. The van der Waals surface area contributed by atoms with Crippen molar-refractivity contribution < 1.29 is 18.7 Å². The molecular weight excluding hydrogens is 429 g/mol. The number of ether oxygens (including phenoxy) is 1. The van der Waals surface area contributed by atoms with Gasteiger partial charge in [0.2, 0.25) is 0 Å². The lowest BCUT2D eigenvalue weighted by Crippen LogP contribution is -2.40. The first-order chi connectivity index (χ1) is 14.3. The predicted octanol–water partition coefficient (Wildman–Crippen LogP) is 4.43. The van der Waals surface area contributed by atoms with Gasteiger partial charge < -0.3 is 15.0 Å². The smallest absolute Gasteiger partial charge is 0.266 e. The van der Waals surface area contributed by atoms with E-state index >= 15 is 0 Å². The summed E-state index contributed by atoms with van der Waals surface area (Å²) in [6.07, 6.45) is 0. The van der Waals surface area contributed by atoms with Gasteiger partial charge in [-0.05, 0) is 43.7 Å². The summed E-state index contributed by atoms with van der Waals surface area (Å²) in [6.45, 7) is 5.63. The van der Waals surface area contributed by atoms with E-state index in [1.807, 2.05) is 19.9 Å². The van der Waals surface area contributed by atoms with Crippen molar-refractivity contribution in [2.45, 2.75) is 13.8 Å². The number of morpholine rings is 1. The quantitative estimate of drug-likeness (QED) is 0.644. The number of halogens is 2. The molecule has 0 spiro atoms. The van der Waals surface area contributed by atoms with Gasteiger partial charge in [-0.3, -0.25) is 9.59 Å². The van der Waals surface area contributed by atoms with Crippen molar-refractivity contribution in [2.75, 3.05) is 31.6 Å². The number of aryl methyl sites for hydroxylation is 2. The highest BCUT2D eigenvalue weighted by Crippen LogP contribution is 2.38. The van der Waals surface area contributed by atoms with E-state index in [9.17, 15) is 14.0 Å². The number of fused-ring (bicyclic) bond motifs is 1. The number of rotatable bonds is 3. The molecule has 6 nitrogen and oxygen atoms in total. The highest BCUT2D eigenvalue weighted by Gasteiger charge is 2.28. The van der Waals surface area contributed by atoms with Crippen LogP contribution in [0.4, 0.5) is 10.1 Å². The third-order valence-electron chi connectivity index (χ3n) is 4.89. The maximum absolute atomic E-state index is 14.3. The lowest BCUT2D eigenvalue weighted by molar-refractivity contribution is 0.0307. The van der Waals surface area contributed by atoms with E-state index in [2.05, 4.69) is 10.3 Å². The SMILES string of the molecule is Cc1cc(C)c2c(NC(=O)c3ccc(Cl)cc3F)c(C(=O)N3CCOCC3)sc2n1. The van der Waals surface area contributed by atoms with Crippen LogP contribution in [0.5, 0.6) is 0 Å². The van der Waals surface area contributed by atoms with Crippen LogP contribution in [0.1, 0.15) is 31.3 Å². The molecular formula is C21H19ClFN3O3S. The van der Waals surface area contributed by atoms with E-state index < -0.39 is 11.7 Å². The number of aromatic nitrogens is 1. The molecule has 0 saturated carbocycles. The van der Waals surface area contributed by atoms with E-state index in [0.29, 0.717) is 47.1 Å². The van der Waals surface area contributed by atoms with Gasteiger partial charge in [-0.15, -0.1) is 11.3 Å². The van der Waals surface area contributed by atoms with Crippen LogP contribution in [0, 0.1) is 19.7 Å². The van der Waals surface area contributed by atoms with Crippen molar-refractivity contribution in [3.05, 3.63) is 56.8 Å². The predicted molar refractivity (Wildman–Crippen MR) is 115 cm³/mol. The molecule has 0 unspecified atom stereocenters. The van der Waals surface area contributed by atoms with Crippen LogP contribution >= 0.6 is 22.9 Å². The number of benzene rings is 1. The van der Waals surface area contributed by atoms with Crippen LogP contribution in [-0.2, 0) is 4.74 Å². The molecule has 156 valence electrons. The molecule has 1 saturated heterocycles. The summed E-state index contributed by atoms with van der Waals surface area (Å²) < 4.78 is 19.6. The van der Waals surface area contributed by atoms with E-state index in [1.165, 1.54) is 23.5 Å². The standard InChI is InChI=1S/C21H19ClFN3O3S/c1-11-9-12(2)24-20-16(11)17(18(30-20)21(28)26-5-7-29-8-6-26)25-19(27)14-4-3-13(22)10-15(14)23/h3-4,9-10H,5-8H2,1-2H3,(H,25,27). The van der Waals surface area contributed by atoms with Crippen molar-refractivity contribution >= 4 is 50.7 Å². The summed E-state index contributed by atoms with van der Waals surface area (Å²) in [5.74, 6) is -1.59. The van der Waals surface area contributed by atoms with Gasteiger partial charge in [0.05, 0.1) is 24.5 Å². The second kappa shape index (κ2) is 8.29. The molecule has 0 bridgehead atoms. The van der Waals surface area contributed by atoms with Gasteiger partial charge in [0.25, 0.3) is 11.8 Å². The third kappa shape index (κ3) is 3.90. The number of hydrogen-bond acceptors (Lipinski definition) is 5. The molecule has 0 atom stereocenters. The number of hydrogen-bond donors (Lipinski definition) is 1. The minimum Gasteiger partial charge on any atom is -0.378 e. The summed E-state index contributed by atoms with van der Waals surface area (Å²) in [6, 6.07) is 5.73. The molecule has 3 aromatic rings. The molecule has 1 aliphatic rings. The van der Waals surface area contributed by atoms with E-state index in [0.717, 1.165) is 17.3 Å². The Morgan fingerprint density at radius 1 is 1.23 bits per heavy atom. The minimum atomic E-state index is -0.730. The van der Waals surface area contributed by atoms with Gasteiger partial charge in [-0.2, -0.15) is 0 Å². The third-order valence-corrected chi connectivity index (χ3v) is 6.20. The number of nitrogens with one attached hydrogen (secondary N) is 1. The normalized spacial score (nSPS) is 14.2. The maximum atomic E-state index is 14.3. The van der Waals surface area contributed by atoms with Crippen molar-refractivity contribution in [2.24, 2.45) is 0 Å². The molecule has 2 aromatic heterocycles. The topological polar surface area (TPSA) is 71.5 Å². The fraction of sp³-hybridized carbons (Fsp3) is 0.286. The first-order valence-electron chi connectivity index (χ1n) is 9.39. The molecule has 0 radical (unpaired) electrons. The van der Waals surface area contributed by atoms with Crippen LogP contribution in [-0.4, -0.2) is 48.0 Å². The first kappa shape index (κ1) is 20.7. The molecule has 4 rings (SSSR count). The highest BCUT2D eigenvalue weighted by atomic mass is 35.5. The van der Waals surface area contributed by atoms with E-state index in [-0.39, 0.29) is 16.5 Å². The van der Waals surface area contributed by atoms with Gasteiger partial charge in [0, 0.05) is 29.2 Å². The Labute approximate surface area is 181 Å². The lowest BCUT2D eigenvalue weighted by Gasteiger charge is -2.26. The molecule has 1 aliphatic heterocycles. The molecule has 3 heterocycles. The van der Waals surface area contributed by atoms with Gasteiger partial charge >= 0.3 is 0 Å². The number of pyridine rings is 1. The van der Waals surface area contributed by atoms with Gasteiger partial charge in [0.15, 0.2) is 0 Å². The van der Waals surface area contributed by atoms with E-state index in [1.54, 1.807) is 4.90 Å². The Bertz CT molecular complexity index is 1160. The average molecular weight is 448 g/mol. The molecule has 0 aliphatic carbocycles. The largest absolute Gasteiger partial charge is 0.378 e. The Kier molecular flexibility index (Phi) is 5.73.